The molecule has 1 aromatic rings. The molecule has 0 amide bonds. The van der Waals surface area contributed by atoms with E-state index >= 15 is 0 Å². The van der Waals surface area contributed by atoms with E-state index in [1.165, 1.54) is 25.1 Å². The molecule has 1 N–H and O–H groups in total. The summed E-state index contributed by atoms with van der Waals surface area (Å²) in [5.41, 5.74) is 1.27. The Balaban J connectivity index is 1.80. The Kier molecular flexibility index (Phi) is 5.26. The molecular formula is C16H25ClN2. The van der Waals surface area contributed by atoms with Gasteiger partial charge in [-0.05, 0) is 63.9 Å². The molecule has 0 aliphatic carbocycles. The third-order valence-electron chi connectivity index (χ3n) is 4.11. The van der Waals surface area contributed by atoms with Crippen LogP contribution in [0.4, 0.5) is 0 Å². The summed E-state index contributed by atoms with van der Waals surface area (Å²) in [7, 11) is 0. The average Bonchev–Trinajstić information content (AvgIpc) is 2.85. The molecule has 0 saturated carbocycles. The first-order valence-electron chi connectivity index (χ1n) is 7.29. The molecule has 19 heavy (non-hydrogen) atoms. The van der Waals surface area contributed by atoms with Gasteiger partial charge in [-0.3, -0.25) is 0 Å². The molecule has 1 saturated heterocycles. The van der Waals surface area contributed by atoms with E-state index in [9.17, 15) is 0 Å². The van der Waals surface area contributed by atoms with Crippen LogP contribution in [0.1, 0.15) is 38.8 Å². The molecule has 106 valence electrons. The minimum Gasteiger partial charge on any atom is -0.310 e. The van der Waals surface area contributed by atoms with Crippen molar-refractivity contribution in [3.05, 3.63) is 34.9 Å². The van der Waals surface area contributed by atoms with Crippen molar-refractivity contribution >= 4 is 11.6 Å². The average molecular weight is 281 g/mol. The summed E-state index contributed by atoms with van der Waals surface area (Å²) in [6.45, 7) is 10.3. The van der Waals surface area contributed by atoms with Gasteiger partial charge >= 0.3 is 0 Å². The lowest BCUT2D eigenvalue weighted by Crippen LogP contribution is -2.31. The second-order valence-electron chi connectivity index (χ2n) is 5.93. The summed E-state index contributed by atoms with van der Waals surface area (Å²) in [4.78, 5) is 2.57. The second kappa shape index (κ2) is 6.74. The molecule has 1 heterocycles. The first-order chi connectivity index (χ1) is 9.06. The van der Waals surface area contributed by atoms with Gasteiger partial charge in [0.1, 0.15) is 0 Å². The molecule has 2 nitrogen and oxygen atoms in total. The highest BCUT2D eigenvalue weighted by Gasteiger charge is 2.24. The van der Waals surface area contributed by atoms with Gasteiger partial charge in [-0.25, -0.2) is 0 Å². The maximum absolute atomic E-state index is 6.04. The zero-order valence-electron chi connectivity index (χ0n) is 12.2. The summed E-state index contributed by atoms with van der Waals surface area (Å²) in [5.74, 6) is 0.782. The minimum absolute atomic E-state index is 0.367. The second-order valence-corrected chi connectivity index (χ2v) is 6.36. The van der Waals surface area contributed by atoms with Crippen LogP contribution in [0.15, 0.2) is 24.3 Å². The van der Waals surface area contributed by atoms with Gasteiger partial charge in [0.25, 0.3) is 0 Å². The molecular weight excluding hydrogens is 256 g/mol. The van der Waals surface area contributed by atoms with Gasteiger partial charge in [0.15, 0.2) is 0 Å². The van der Waals surface area contributed by atoms with E-state index in [4.69, 9.17) is 11.6 Å². The topological polar surface area (TPSA) is 15.3 Å². The van der Waals surface area contributed by atoms with Crippen molar-refractivity contribution in [3.8, 4) is 0 Å². The number of hydrogen-bond donors (Lipinski definition) is 1. The number of likely N-dealkylation sites (tertiary alicyclic amines) is 1. The lowest BCUT2D eigenvalue weighted by molar-refractivity contribution is 0.263. The summed E-state index contributed by atoms with van der Waals surface area (Å²) < 4.78 is 0. The summed E-state index contributed by atoms with van der Waals surface area (Å²) in [5, 5.41) is 4.46. The molecule has 1 aromatic carbocycles. The number of nitrogens with zero attached hydrogens (tertiary/aromatic N) is 1. The van der Waals surface area contributed by atoms with E-state index in [-0.39, 0.29) is 0 Å². The van der Waals surface area contributed by atoms with Gasteiger partial charge < -0.3 is 10.2 Å². The number of nitrogens with one attached hydrogen (secondary N) is 1. The fourth-order valence-electron chi connectivity index (χ4n) is 2.74. The molecule has 1 fully saturated rings. The Morgan fingerprint density at radius 2 is 2.16 bits per heavy atom. The molecule has 1 aliphatic heterocycles. The number of benzene rings is 1. The molecule has 2 rings (SSSR count). The standard InChI is InChI=1S/C16H25ClN2/c1-12(2)19-8-7-14(11-19)10-18-13(3)15-5-4-6-16(17)9-15/h4-6,9,12-14,18H,7-8,10-11H2,1-3H3. The maximum atomic E-state index is 6.04. The van der Waals surface area contributed by atoms with Crippen LogP contribution >= 0.6 is 11.6 Å². The molecule has 0 bridgehead atoms. The molecule has 0 spiro atoms. The van der Waals surface area contributed by atoms with E-state index in [1.807, 2.05) is 18.2 Å². The SMILES string of the molecule is CC(NCC1CCN(C(C)C)C1)c1cccc(Cl)c1. The highest BCUT2D eigenvalue weighted by atomic mass is 35.5. The van der Waals surface area contributed by atoms with Gasteiger partial charge in [0, 0.05) is 23.7 Å². The zero-order valence-corrected chi connectivity index (χ0v) is 13.0. The lowest BCUT2D eigenvalue weighted by atomic mass is 10.1. The van der Waals surface area contributed by atoms with Crippen LogP contribution in [0.5, 0.6) is 0 Å². The van der Waals surface area contributed by atoms with Crippen LogP contribution < -0.4 is 5.32 Å². The van der Waals surface area contributed by atoms with Crippen molar-refractivity contribution in [3.63, 3.8) is 0 Å². The van der Waals surface area contributed by atoms with Crippen molar-refractivity contribution in [2.24, 2.45) is 5.92 Å². The van der Waals surface area contributed by atoms with Crippen molar-refractivity contribution in [2.45, 2.75) is 39.3 Å². The van der Waals surface area contributed by atoms with Crippen molar-refractivity contribution in [1.82, 2.24) is 10.2 Å². The monoisotopic (exact) mass is 280 g/mol. The van der Waals surface area contributed by atoms with Crippen molar-refractivity contribution < 1.29 is 0 Å². The fourth-order valence-corrected chi connectivity index (χ4v) is 2.93. The van der Waals surface area contributed by atoms with Crippen molar-refractivity contribution in [2.75, 3.05) is 19.6 Å². The van der Waals surface area contributed by atoms with Crippen molar-refractivity contribution in [1.29, 1.82) is 0 Å². The molecule has 2 unspecified atom stereocenters. The number of hydrogen-bond acceptors (Lipinski definition) is 2. The van der Waals surface area contributed by atoms with Crippen LogP contribution in [0.25, 0.3) is 0 Å². The Morgan fingerprint density at radius 1 is 1.37 bits per heavy atom. The maximum Gasteiger partial charge on any atom is 0.0409 e. The molecule has 1 aliphatic rings. The quantitative estimate of drug-likeness (QED) is 0.884. The Hall–Kier alpha value is -0.570. The normalized spacial score (nSPS) is 22.1. The Bertz CT molecular complexity index is 405. The van der Waals surface area contributed by atoms with Crippen LogP contribution in [-0.2, 0) is 0 Å². The summed E-state index contributed by atoms with van der Waals surface area (Å²) in [6, 6.07) is 9.18. The molecule has 0 aromatic heterocycles. The number of rotatable bonds is 5. The third kappa shape index (κ3) is 4.20. The van der Waals surface area contributed by atoms with Crippen LogP contribution in [0.2, 0.25) is 5.02 Å². The predicted molar refractivity (Wildman–Crippen MR) is 82.7 cm³/mol. The third-order valence-corrected chi connectivity index (χ3v) is 4.34. The van der Waals surface area contributed by atoms with Crippen LogP contribution in [0.3, 0.4) is 0 Å². The Morgan fingerprint density at radius 3 is 2.79 bits per heavy atom. The van der Waals surface area contributed by atoms with Gasteiger partial charge in [-0.2, -0.15) is 0 Å². The van der Waals surface area contributed by atoms with E-state index in [0.717, 1.165) is 17.5 Å². The predicted octanol–water partition coefficient (Wildman–Crippen LogP) is 3.72. The highest BCUT2D eigenvalue weighted by molar-refractivity contribution is 6.30. The fraction of sp³-hybridized carbons (Fsp3) is 0.625. The van der Waals surface area contributed by atoms with Gasteiger partial charge in [-0.15, -0.1) is 0 Å². The summed E-state index contributed by atoms with van der Waals surface area (Å²) in [6.07, 6.45) is 1.31. The van der Waals surface area contributed by atoms with Gasteiger partial charge in [0.2, 0.25) is 0 Å². The van der Waals surface area contributed by atoms with Gasteiger partial charge in [-0.1, -0.05) is 23.7 Å². The van der Waals surface area contributed by atoms with Crippen LogP contribution in [0, 0.1) is 5.92 Å². The minimum atomic E-state index is 0.367. The molecule has 3 heteroatoms. The highest BCUT2D eigenvalue weighted by Crippen LogP contribution is 2.20. The van der Waals surface area contributed by atoms with E-state index in [2.05, 4.69) is 37.1 Å². The number of halogens is 1. The first-order valence-corrected chi connectivity index (χ1v) is 7.67. The first kappa shape index (κ1) is 14.8. The lowest BCUT2D eigenvalue weighted by Gasteiger charge is -2.21. The van der Waals surface area contributed by atoms with E-state index in [0.29, 0.717) is 12.1 Å². The molecule has 0 radical (unpaired) electrons. The van der Waals surface area contributed by atoms with Gasteiger partial charge in [0.05, 0.1) is 0 Å². The summed E-state index contributed by atoms with van der Waals surface area (Å²) >= 11 is 6.04. The Labute approximate surface area is 122 Å². The van der Waals surface area contributed by atoms with E-state index < -0.39 is 0 Å². The largest absolute Gasteiger partial charge is 0.310 e. The smallest absolute Gasteiger partial charge is 0.0409 e. The molecule has 2 atom stereocenters. The van der Waals surface area contributed by atoms with Crippen LogP contribution in [-0.4, -0.2) is 30.6 Å². The van der Waals surface area contributed by atoms with E-state index in [1.54, 1.807) is 0 Å². The zero-order chi connectivity index (χ0) is 13.8.